The highest BCUT2D eigenvalue weighted by Crippen LogP contribution is 2.47. The van der Waals surface area contributed by atoms with Gasteiger partial charge in [-0.15, -0.1) is 0 Å². The fourth-order valence-corrected chi connectivity index (χ4v) is 4.68. The highest BCUT2D eigenvalue weighted by atomic mass is 16.5. The van der Waals surface area contributed by atoms with Gasteiger partial charge < -0.3 is 19.5 Å². The molecular weight excluding hydrogens is 408 g/mol. The predicted molar refractivity (Wildman–Crippen MR) is 118 cm³/mol. The van der Waals surface area contributed by atoms with Gasteiger partial charge in [0.15, 0.2) is 17.3 Å². The normalized spacial score (nSPS) is 19.7. The molecule has 8 nitrogen and oxygen atoms in total. The monoisotopic (exact) mass is 432 g/mol. The van der Waals surface area contributed by atoms with Gasteiger partial charge in [0.25, 0.3) is 0 Å². The van der Waals surface area contributed by atoms with Crippen LogP contribution in [0.4, 0.5) is 5.95 Å². The molecule has 1 aliphatic carbocycles. The van der Waals surface area contributed by atoms with Crippen molar-refractivity contribution in [1.82, 2.24) is 14.8 Å². The summed E-state index contributed by atoms with van der Waals surface area (Å²) >= 11 is 0. The summed E-state index contributed by atoms with van der Waals surface area (Å²) in [7, 11) is 4.84. The standard InChI is InChI=1S/C24H24N4O4/c1-30-16-9-7-14(8-10-16)15-11-18-21(19(29)12-15)22(28-24(27-18)25-13-26-28)17-5-4-6-20(31-2)23(17)32-3/h4-10,13,15,22H,11-12H2,1-3H3,(H,25,26,27)/t15-,22+/m0/s1. The number of ketones is 1. The van der Waals surface area contributed by atoms with E-state index in [-0.39, 0.29) is 11.7 Å². The number of benzene rings is 2. The molecule has 1 aliphatic heterocycles. The molecule has 8 heteroatoms. The van der Waals surface area contributed by atoms with Crippen molar-refractivity contribution in [3.63, 3.8) is 0 Å². The van der Waals surface area contributed by atoms with Crippen molar-refractivity contribution in [3.8, 4) is 17.2 Å². The number of nitrogens with zero attached hydrogens (tertiary/aromatic N) is 3. The van der Waals surface area contributed by atoms with Crippen molar-refractivity contribution in [2.24, 2.45) is 0 Å². The van der Waals surface area contributed by atoms with Gasteiger partial charge in [0.1, 0.15) is 18.1 Å². The van der Waals surface area contributed by atoms with Crippen LogP contribution in [-0.4, -0.2) is 41.9 Å². The van der Waals surface area contributed by atoms with Crippen LogP contribution in [0.15, 0.2) is 60.1 Å². The minimum absolute atomic E-state index is 0.0713. The van der Waals surface area contributed by atoms with E-state index in [9.17, 15) is 4.79 Å². The van der Waals surface area contributed by atoms with Gasteiger partial charge in [-0.1, -0.05) is 24.3 Å². The van der Waals surface area contributed by atoms with Gasteiger partial charge in [0.2, 0.25) is 5.95 Å². The summed E-state index contributed by atoms with van der Waals surface area (Å²) in [5.41, 5.74) is 3.48. The molecule has 5 rings (SSSR count). The number of Topliss-reactive ketones (excluding diaryl/α,β-unsaturated/α-hetero) is 1. The van der Waals surface area contributed by atoms with Gasteiger partial charge in [-0.2, -0.15) is 10.1 Å². The van der Waals surface area contributed by atoms with Gasteiger partial charge >= 0.3 is 0 Å². The first-order valence-electron chi connectivity index (χ1n) is 10.4. The zero-order chi connectivity index (χ0) is 22.2. The van der Waals surface area contributed by atoms with E-state index in [4.69, 9.17) is 14.2 Å². The van der Waals surface area contributed by atoms with Crippen molar-refractivity contribution in [2.45, 2.75) is 24.8 Å². The minimum atomic E-state index is -0.446. The van der Waals surface area contributed by atoms with Crippen molar-refractivity contribution < 1.29 is 19.0 Å². The third-order valence-electron chi connectivity index (χ3n) is 6.18. The van der Waals surface area contributed by atoms with E-state index < -0.39 is 6.04 Å². The number of para-hydroxylation sites is 1. The Labute approximate surface area is 185 Å². The van der Waals surface area contributed by atoms with Crippen molar-refractivity contribution in [1.29, 1.82) is 0 Å². The topological polar surface area (TPSA) is 87.5 Å². The molecule has 0 saturated carbocycles. The SMILES string of the molecule is COc1ccc([C@@H]2CC(=O)C3=C(C2)Nc2ncnn2[C@@H]3c2cccc(OC)c2OC)cc1. The quantitative estimate of drug-likeness (QED) is 0.657. The van der Waals surface area contributed by atoms with Gasteiger partial charge in [-0.05, 0) is 36.1 Å². The molecule has 2 aliphatic rings. The molecule has 164 valence electrons. The second-order valence-electron chi connectivity index (χ2n) is 7.83. The summed E-state index contributed by atoms with van der Waals surface area (Å²) in [6.45, 7) is 0. The number of hydrogen-bond acceptors (Lipinski definition) is 7. The Hall–Kier alpha value is -3.81. The van der Waals surface area contributed by atoms with E-state index in [1.165, 1.54) is 6.33 Å². The second kappa shape index (κ2) is 8.03. The summed E-state index contributed by atoms with van der Waals surface area (Å²) in [6, 6.07) is 13.1. The van der Waals surface area contributed by atoms with Crippen molar-refractivity contribution in [3.05, 3.63) is 71.2 Å². The van der Waals surface area contributed by atoms with E-state index in [1.54, 1.807) is 26.0 Å². The Balaban J connectivity index is 1.60. The molecule has 2 aromatic carbocycles. The molecule has 1 aromatic heterocycles. The maximum Gasteiger partial charge on any atom is 0.226 e. The molecule has 0 bridgehead atoms. The molecule has 0 unspecified atom stereocenters. The van der Waals surface area contributed by atoms with Gasteiger partial charge in [-0.25, -0.2) is 4.68 Å². The average molecular weight is 432 g/mol. The third kappa shape index (κ3) is 3.19. The number of ether oxygens (including phenoxy) is 3. The lowest BCUT2D eigenvalue weighted by Crippen LogP contribution is -2.33. The Morgan fingerprint density at radius 1 is 1.00 bits per heavy atom. The summed E-state index contributed by atoms with van der Waals surface area (Å²) in [6.07, 6.45) is 2.61. The Bertz CT molecular complexity index is 1200. The lowest BCUT2D eigenvalue weighted by molar-refractivity contribution is -0.116. The molecule has 1 N–H and O–H groups in total. The Morgan fingerprint density at radius 2 is 1.81 bits per heavy atom. The predicted octanol–water partition coefficient (Wildman–Crippen LogP) is 3.72. The molecule has 2 atom stereocenters. The van der Waals surface area contributed by atoms with Crippen LogP contribution in [-0.2, 0) is 4.79 Å². The number of rotatable bonds is 5. The average Bonchev–Trinajstić information content (AvgIpc) is 3.30. The zero-order valence-electron chi connectivity index (χ0n) is 18.2. The molecule has 0 saturated heterocycles. The number of carbonyl (C=O) groups excluding carboxylic acids is 1. The van der Waals surface area contributed by atoms with Crippen LogP contribution in [0.25, 0.3) is 0 Å². The largest absolute Gasteiger partial charge is 0.497 e. The molecule has 0 fully saturated rings. The number of nitrogens with one attached hydrogen (secondary N) is 1. The molecule has 0 amide bonds. The summed E-state index contributed by atoms with van der Waals surface area (Å²) in [5, 5.41) is 7.76. The first-order valence-corrected chi connectivity index (χ1v) is 10.4. The van der Waals surface area contributed by atoms with Crippen LogP contribution in [0.3, 0.4) is 0 Å². The number of hydrogen-bond donors (Lipinski definition) is 1. The summed E-state index contributed by atoms with van der Waals surface area (Å²) in [4.78, 5) is 17.9. The number of allylic oxidation sites excluding steroid dienone is 2. The van der Waals surface area contributed by atoms with Crippen molar-refractivity contribution in [2.75, 3.05) is 26.6 Å². The highest BCUT2D eigenvalue weighted by molar-refractivity contribution is 6.00. The van der Waals surface area contributed by atoms with Crippen LogP contribution in [0.2, 0.25) is 0 Å². The number of fused-ring (bicyclic) bond motifs is 1. The van der Waals surface area contributed by atoms with E-state index >= 15 is 0 Å². The van der Waals surface area contributed by atoms with Gasteiger partial charge in [-0.3, -0.25) is 4.79 Å². The van der Waals surface area contributed by atoms with Crippen LogP contribution < -0.4 is 19.5 Å². The lowest BCUT2D eigenvalue weighted by atomic mass is 9.77. The van der Waals surface area contributed by atoms with Crippen LogP contribution in [0.5, 0.6) is 17.2 Å². The zero-order valence-corrected chi connectivity index (χ0v) is 18.2. The fraction of sp³-hybridized carbons (Fsp3) is 0.292. The highest BCUT2D eigenvalue weighted by Gasteiger charge is 2.40. The summed E-state index contributed by atoms with van der Waals surface area (Å²) < 4.78 is 18.2. The summed E-state index contributed by atoms with van der Waals surface area (Å²) in [5.74, 6) is 2.73. The number of anilines is 1. The van der Waals surface area contributed by atoms with Crippen LogP contribution in [0.1, 0.15) is 35.9 Å². The second-order valence-corrected chi connectivity index (χ2v) is 7.83. The molecule has 0 spiro atoms. The number of carbonyl (C=O) groups is 1. The lowest BCUT2D eigenvalue weighted by Gasteiger charge is -2.35. The molecule has 32 heavy (non-hydrogen) atoms. The van der Waals surface area contributed by atoms with E-state index in [0.29, 0.717) is 35.9 Å². The van der Waals surface area contributed by atoms with E-state index in [2.05, 4.69) is 15.4 Å². The maximum atomic E-state index is 13.5. The molecule has 3 aromatic rings. The maximum absolute atomic E-state index is 13.5. The van der Waals surface area contributed by atoms with Gasteiger partial charge in [0.05, 0.1) is 21.3 Å². The third-order valence-corrected chi connectivity index (χ3v) is 6.18. The molecular formula is C24H24N4O4. The molecule has 0 radical (unpaired) electrons. The van der Waals surface area contributed by atoms with Gasteiger partial charge in [0, 0.05) is 23.3 Å². The van der Waals surface area contributed by atoms with E-state index in [1.807, 2.05) is 42.5 Å². The minimum Gasteiger partial charge on any atom is -0.497 e. The number of methoxy groups -OCH3 is 3. The smallest absolute Gasteiger partial charge is 0.226 e. The van der Waals surface area contributed by atoms with Crippen molar-refractivity contribution >= 4 is 11.7 Å². The van der Waals surface area contributed by atoms with Crippen LogP contribution in [0, 0.1) is 0 Å². The van der Waals surface area contributed by atoms with E-state index in [0.717, 1.165) is 22.6 Å². The first kappa shape index (κ1) is 20.1. The Morgan fingerprint density at radius 3 is 2.53 bits per heavy atom. The first-order chi connectivity index (χ1) is 15.6. The number of aromatic nitrogens is 3. The molecule has 2 heterocycles. The van der Waals surface area contributed by atoms with Crippen LogP contribution >= 0.6 is 0 Å². The Kier molecular flexibility index (Phi) is 5.05. The fourth-order valence-electron chi connectivity index (χ4n) is 4.68.